The molecular formula is C23H31NO3. The van der Waals surface area contributed by atoms with Crippen molar-refractivity contribution in [2.24, 2.45) is 28.3 Å². The first-order valence-corrected chi connectivity index (χ1v) is 10.4. The fourth-order valence-electron chi connectivity index (χ4n) is 6.10. The fraction of sp³-hybridized carbons (Fsp3) is 0.652. The van der Waals surface area contributed by atoms with Gasteiger partial charge in [-0.3, -0.25) is 4.79 Å². The van der Waals surface area contributed by atoms with Crippen LogP contribution in [0.15, 0.2) is 35.5 Å². The van der Waals surface area contributed by atoms with E-state index in [1.54, 1.807) is 0 Å². The van der Waals surface area contributed by atoms with Gasteiger partial charge in [-0.05, 0) is 75.2 Å². The molecule has 0 heterocycles. The molecule has 4 aliphatic carbocycles. The van der Waals surface area contributed by atoms with Gasteiger partial charge in [0.1, 0.15) is 12.7 Å². The average molecular weight is 370 g/mol. The molecule has 146 valence electrons. The number of oxime groups is 1. The first kappa shape index (κ1) is 18.5. The Balaban J connectivity index is 1.40. The Kier molecular flexibility index (Phi) is 5.25. The molecule has 4 bridgehead atoms. The summed E-state index contributed by atoms with van der Waals surface area (Å²) in [5.41, 5.74) is 2.27. The van der Waals surface area contributed by atoms with Crippen molar-refractivity contribution in [1.29, 1.82) is 0 Å². The standard InChI is InChI=1S/C23H31NO3/c1-16(24-26-10-6-9-18-7-4-3-5-8-18)23-14-19-11-20(15-23)13-21(12-19)22(23)27-17(2)25/h3-5,7-8,19-22H,6,9-15H2,1-2H3/b24-16+/t19-,20+,21?,22-,23?/m0/s1. The molecule has 5 atom stereocenters. The van der Waals surface area contributed by atoms with Crippen LogP contribution in [0.3, 0.4) is 0 Å². The summed E-state index contributed by atoms with van der Waals surface area (Å²) in [7, 11) is 0. The summed E-state index contributed by atoms with van der Waals surface area (Å²) in [6.07, 6.45) is 7.90. The maximum atomic E-state index is 11.7. The Hall–Kier alpha value is -1.84. The van der Waals surface area contributed by atoms with Crippen LogP contribution in [0.2, 0.25) is 0 Å². The van der Waals surface area contributed by atoms with Crippen molar-refractivity contribution in [2.45, 2.75) is 64.9 Å². The van der Waals surface area contributed by atoms with Gasteiger partial charge in [-0.25, -0.2) is 0 Å². The van der Waals surface area contributed by atoms with Crippen molar-refractivity contribution in [3.8, 4) is 0 Å². The van der Waals surface area contributed by atoms with Gasteiger partial charge in [0.25, 0.3) is 0 Å². The van der Waals surface area contributed by atoms with Crippen molar-refractivity contribution in [3.63, 3.8) is 0 Å². The number of carbonyl (C=O) groups excluding carboxylic acids is 1. The topological polar surface area (TPSA) is 47.9 Å². The normalized spacial score (nSPS) is 34.5. The van der Waals surface area contributed by atoms with Crippen molar-refractivity contribution in [1.82, 2.24) is 0 Å². The van der Waals surface area contributed by atoms with Crippen molar-refractivity contribution in [2.75, 3.05) is 6.61 Å². The molecule has 0 radical (unpaired) electrons. The average Bonchev–Trinajstić information content (AvgIpc) is 2.64. The molecule has 4 saturated carbocycles. The molecule has 1 aromatic rings. The second-order valence-electron chi connectivity index (χ2n) is 8.89. The van der Waals surface area contributed by atoms with Gasteiger partial charge in [0.15, 0.2) is 0 Å². The lowest BCUT2D eigenvalue weighted by Gasteiger charge is -2.60. The molecule has 4 nitrogen and oxygen atoms in total. The number of carbonyl (C=O) groups is 1. The van der Waals surface area contributed by atoms with E-state index >= 15 is 0 Å². The molecule has 0 aromatic heterocycles. The molecule has 0 N–H and O–H groups in total. The summed E-state index contributed by atoms with van der Waals surface area (Å²) in [5.74, 6) is 1.86. The number of benzene rings is 1. The van der Waals surface area contributed by atoms with Crippen LogP contribution in [0, 0.1) is 23.2 Å². The molecule has 0 aliphatic heterocycles. The van der Waals surface area contributed by atoms with E-state index in [0.717, 1.165) is 43.2 Å². The van der Waals surface area contributed by atoms with Gasteiger partial charge in [-0.1, -0.05) is 35.5 Å². The first-order valence-electron chi connectivity index (χ1n) is 10.4. The molecule has 0 saturated heterocycles. The quantitative estimate of drug-likeness (QED) is 0.301. The Labute approximate surface area is 162 Å². The van der Waals surface area contributed by atoms with Gasteiger partial charge in [0.2, 0.25) is 0 Å². The number of ether oxygens (including phenoxy) is 1. The van der Waals surface area contributed by atoms with Gasteiger partial charge in [0.05, 0.1) is 5.71 Å². The van der Waals surface area contributed by atoms with Crippen LogP contribution < -0.4 is 0 Å². The predicted molar refractivity (Wildman–Crippen MR) is 105 cm³/mol. The molecule has 4 fully saturated rings. The molecular weight excluding hydrogens is 338 g/mol. The van der Waals surface area contributed by atoms with Gasteiger partial charge in [-0.2, -0.15) is 0 Å². The van der Waals surface area contributed by atoms with Crippen LogP contribution in [-0.2, 0) is 20.8 Å². The number of hydrogen-bond donors (Lipinski definition) is 0. The van der Waals surface area contributed by atoms with E-state index in [1.165, 1.54) is 31.7 Å². The highest BCUT2D eigenvalue weighted by molar-refractivity contribution is 5.89. The minimum absolute atomic E-state index is 0.0144. The number of esters is 1. The predicted octanol–water partition coefficient (Wildman–Crippen LogP) is 4.77. The second kappa shape index (κ2) is 7.65. The maximum absolute atomic E-state index is 11.7. The monoisotopic (exact) mass is 369 g/mol. The largest absolute Gasteiger partial charge is 0.461 e. The highest BCUT2D eigenvalue weighted by Crippen LogP contribution is 2.61. The van der Waals surface area contributed by atoms with E-state index in [2.05, 4.69) is 36.3 Å². The second-order valence-corrected chi connectivity index (χ2v) is 8.89. The molecule has 1 aromatic carbocycles. The van der Waals surface area contributed by atoms with Crippen LogP contribution in [0.4, 0.5) is 0 Å². The summed E-state index contributed by atoms with van der Waals surface area (Å²) >= 11 is 0. The van der Waals surface area contributed by atoms with Crippen LogP contribution >= 0.6 is 0 Å². The Morgan fingerprint density at radius 2 is 1.81 bits per heavy atom. The van der Waals surface area contributed by atoms with Gasteiger partial charge < -0.3 is 9.57 Å². The number of rotatable bonds is 7. The third-order valence-corrected chi connectivity index (χ3v) is 6.98. The lowest BCUT2D eigenvalue weighted by atomic mass is 9.47. The lowest BCUT2D eigenvalue weighted by molar-refractivity contribution is -0.177. The van der Waals surface area contributed by atoms with Gasteiger partial charge in [0, 0.05) is 12.3 Å². The summed E-state index contributed by atoms with van der Waals surface area (Å²) < 4.78 is 5.86. The SMILES string of the molecule is CC(=O)O[C@H]1C2C[C@@H]3C[C@H](C2)CC1(/C(C)=N/OCCCc1ccccc1)C3. The molecule has 0 amide bonds. The van der Waals surface area contributed by atoms with E-state index in [9.17, 15) is 4.79 Å². The van der Waals surface area contributed by atoms with E-state index < -0.39 is 0 Å². The number of hydrogen-bond acceptors (Lipinski definition) is 4. The van der Waals surface area contributed by atoms with E-state index in [0.29, 0.717) is 12.5 Å². The first-order chi connectivity index (χ1) is 13.1. The fourth-order valence-corrected chi connectivity index (χ4v) is 6.10. The zero-order valence-electron chi connectivity index (χ0n) is 16.5. The van der Waals surface area contributed by atoms with Gasteiger partial charge >= 0.3 is 5.97 Å². The van der Waals surface area contributed by atoms with E-state index in [4.69, 9.17) is 9.57 Å². The smallest absolute Gasteiger partial charge is 0.302 e. The van der Waals surface area contributed by atoms with Crippen LogP contribution in [0.25, 0.3) is 0 Å². The van der Waals surface area contributed by atoms with Crippen molar-refractivity contribution < 1.29 is 14.4 Å². The summed E-state index contributed by atoms with van der Waals surface area (Å²) in [4.78, 5) is 17.4. The molecule has 0 spiro atoms. The number of aryl methyl sites for hydroxylation is 1. The zero-order chi connectivity index (χ0) is 18.9. The molecule has 4 heteroatoms. The van der Waals surface area contributed by atoms with Gasteiger partial charge in [-0.15, -0.1) is 0 Å². The lowest BCUT2D eigenvalue weighted by Crippen LogP contribution is -2.60. The zero-order valence-corrected chi connectivity index (χ0v) is 16.5. The summed E-state index contributed by atoms with van der Waals surface area (Å²) in [6.45, 7) is 4.24. The van der Waals surface area contributed by atoms with E-state index in [-0.39, 0.29) is 17.5 Å². The number of nitrogens with zero attached hydrogens (tertiary/aromatic N) is 1. The summed E-state index contributed by atoms with van der Waals surface area (Å²) in [5, 5.41) is 4.53. The van der Waals surface area contributed by atoms with Crippen LogP contribution in [0.5, 0.6) is 0 Å². The van der Waals surface area contributed by atoms with Crippen molar-refractivity contribution >= 4 is 11.7 Å². The molecule has 4 aliphatic rings. The highest BCUT2D eigenvalue weighted by atomic mass is 16.6. The van der Waals surface area contributed by atoms with Crippen LogP contribution in [-0.4, -0.2) is 24.4 Å². The molecule has 5 rings (SSSR count). The minimum Gasteiger partial charge on any atom is -0.461 e. The minimum atomic E-state index is -0.163. The Bertz CT molecular complexity index is 685. The third-order valence-electron chi connectivity index (χ3n) is 6.98. The van der Waals surface area contributed by atoms with Crippen LogP contribution in [0.1, 0.15) is 57.9 Å². The summed E-state index contributed by atoms with van der Waals surface area (Å²) in [6, 6.07) is 10.5. The Morgan fingerprint density at radius 1 is 1.11 bits per heavy atom. The maximum Gasteiger partial charge on any atom is 0.302 e. The molecule has 27 heavy (non-hydrogen) atoms. The van der Waals surface area contributed by atoms with E-state index in [1.807, 2.05) is 6.07 Å². The molecule has 2 unspecified atom stereocenters. The third kappa shape index (κ3) is 3.76. The van der Waals surface area contributed by atoms with Crippen molar-refractivity contribution in [3.05, 3.63) is 35.9 Å². The highest BCUT2D eigenvalue weighted by Gasteiger charge is 2.60. The Morgan fingerprint density at radius 3 is 2.48 bits per heavy atom.